The fraction of sp³-hybridized carbons (Fsp3) is 0.318. The maximum Gasteiger partial charge on any atom is 0.185 e. The first-order chi connectivity index (χ1) is 13.6. The molecule has 0 bridgehead atoms. The van der Waals surface area contributed by atoms with E-state index in [-0.39, 0.29) is 11.6 Å². The molecule has 0 amide bonds. The minimum atomic E-state index is -0.371. The Labute approximate surface area is 164 Å². The summed E-state index contributed by atoms with van der Waals surface area (Å²) in [5.74, 6) is 0.935. The zero-order valence-corrected chi connectivity index (χ0v) is 16.3. The van der Waals surface area contributed by atoms with Gasteiger partial charge < -0.3 is 19.1 Å². The number of ether oxygens (including phenoxy) is 3. The summed E-state index contributed by atoms with van der Waals surface area (Å²) in [5.41, 5.74) is 1.51. The van der Waals surface area contributed by atoms with Crippen molar-refractivity contribution in [2.75, 3.05) is 39.3 Å². The molecule has 0 atom stereocenters. The van der Waals surface area contributed by atoms with E-state index in [1.54, 1.807) is 30.3 Å². The number of hydrogen-bond donors (Lipinski definition) is 0. The maximum atomic E-state index is 14.5. The van der Waals surface area contributed by atoms with Crippen molar-refractivity contribution < 1.29 is 23.4 Å². The number of methoxy groups -OCH3 is 3. The van der Waals surface area contributed by atoms with Gasteiger partial charge in [0.05, 0.1) is 27.0 Å². The number of ketones is 1. The Morgan fingerprint density at radius 2 is 1.61 bits per heavy atom. The number of nitrogens with zero attached hydrogens (tertiary/aromatic N) is 1. The summed E-state index contributed by atoms with van der Waals surface area (Å²) in [7, 11) is 4.61. The van der Waals surface area contributed by atoms with E-state index >= 15 is 0 Å². The highest BCUT2D eigenvalue weighted by molar-refractivity contribution is 6.07. The van der Waals surface area contributed by atoms with Gasteiger partial charge in [-0.05, 0) is 49.3 Å². The van der Waals surface area contributed by atoms with E-state index in [2.05, 4.69) is 0 Å². The van der Waals surface area contributed by atoms with Crippen LogP contribution in [0.2, 0.25) is 0 Å². The Hall–Kier alpha value is -3.02. The summed E-state index contributed by atoms with van der Waals surface area (Å²) >= 11 is 0. The third-order valence-corrected chi connectivity index (χ3v) is 4.83. The lowest BCUT2D eigenvalue weighted by Crippen LogP contribution is -2.19. The summed E-state index contributed by atoms with van der Waals surface area (Å²) in [4.78, 5) is 14.5. The average molecular weight is 385 g/mol. The average Bonchev–Trinajstić information content (AvgIpc) is 3.25. The topological polar surface area (TPSA) is 48.0 Å². The molecule has 1 saturated heterocycles. The van der Waals surface area contributed by atoms with Crippen LogP contribution in [0.25, 0.3) is 6.08 Å². The fourth-order valence-electron chi connectivity index (χ4n) is 3.32. The molecular formula is C22H24FNO4. The largest absolute Gasteiger partial charge is 0.496 e. The van der Waals surface area contributed by atoms with Crippen LogP contribution in [0.15, 0.2) is 36.4 Å². The van der Waals surface area contributed by atoms with E-state index < -0.39 is 0 Å². The normalized spacial score (nSPS) is 13.8. The second-order valence-corrected chi connectivity index (χ2v) is 6.51. The predicted octanol–water partition coefficient (Wildman–Crippen LogP) is 4.35. The minimum Gasteiger partial charge on any atom is -0.496 e. The second kappa shape index (κ2) is 8.78. The quantitative estimate of drug-likeness (QED) is 0.524. The van der Waals surface area contributed by atoms with Crippen molar-refractivity contribution in [1.29, 1.82) is 0 Å². The highest BCUT2D eigenvalue weighted by Gasteiger charge is 2.17. The first-order valence-electron chi connectivity index (χ1n) is 9.14. The van der Waals surface area contributed by atoms with E-state index in [0.29, 0.717) is 34.1 Å². The van der Waals surface area contributed by atoms with Gasteiger partial charge in [0.1, 0.15) is 11.6 Å². The molecule has 28 heavy (non-hydrogen) atoms. The molecule has 3 rings (SSSR count). The zero-order chi connectivity index (χ0) is 20.1. The molecule has 0 radical (unpaired) electrons. The molecule has 0 aromatic heterocycles. The van der Waals surface area contributed by atoms with Gasteiger partial charge in [0.2, 0.25) is 0 Å². The lowest BCUT2D eigenvalue weighted by molar-refractivity contribution is 0.104. The van der Waals surface area contributed by atoms with E-state index in [4.69, 9.17) is 14.2 Å². The molecule has 0 aliphatic carbocycles. The number of rotatable bonds is 7. The Morgan fingerprint density at radius 1 is 0.964 bits per heavy atom. The van der Waals surface area contributed by atoms with Crippen LogP contribution in [0.4, 0.5) is 10.1 Å². The summed E-state index contributed by atoms with van der Waals surface area (Å²) in [6, 6.07) is 8.05. The Balaban J connectivity index is 1.82. The molecule has 2 aromatic rings. The van der Waals surface area contributed by atoms with Gasteiger partial charge in [0, 0.05) is 30.3 Å². The van der Waals surface area contributed by atoms with Crippen molar-refractivity contribution in [3.63, 3.8) is 0 Å². The smallest absolute Gasteiger partial charge is 0.185 e. The molecule has 1 aliphatic heterocycles. The Bertz CT molecular complexity index is 888. The van der Waals surface area contributed by atoms with Crippen LogP contribution in [0.5, 0.6) is 17.2 Å². The molecule has 1 heterocycles. The van der Waals surface area contributed by atoms with Crippen LogP contribution in [-0.4, -0.2) is 40.2 Å². The van der Waals surface area contributed by atoms with Crippen molar-refractivity contribution in [3.05, 3.63) is 53.4 Å². The highest BCUT2D eigenvalue weighted by Crippen LogP contribution is 2.35. The van der Waals surface area contributed by atoms with Crippen molar-refractivity contribution >= 4 is 17.5 Å². The molecule has 0 N–H and O–H groups in total. The number of benzene rings is 2. The summed E-state index contributed by atoms with van der Waals surface area (Å²) in [5, 5.41) is 0. The van der Waals surface area contributed by atoms with Gasteiger partial charge in [-0.3, -0.25) is 4.79 Å². The van der Waals surface area contributed by atoms with Crippen molar-refractivity contribution in [3.8, 4) is 17.2 Å². The standard InChI is InChI=1S/C22H24FNO4/c1-26-20-14-22(28-3)21(27-2)13-16(20)7-9-19(25)15-6-8-18(17(23)12-15)24-10-4-5-11-24/h6-9,12-14H,4-5,10-11H2,1-3H3/b9-7+. The van der Waals surface area contributed by atoms with Gasteiger partial charge >= 0.3 is 0 Å². The van der Waals surface area contributed by atoms with E-state index in [9.17, 15) is 9.18 Å². The van der Waals surface area contributed by atoms with E-state index in [1.807, 2.05) is 4.90 Å². The van der Waals surface area contributed by atoms with Crippen LogP contribution >= 0.6 is 0 Å². The highest BCUT2D eigenvalue weighted by atomic mass is 19.1. The second-order valence-electron chi connectivity index (χ2n) is 6.51. The third-order valence-electron chi connectivity index (χ3n) is 4.83. The van der Waals surface area contributed by atoms with Crippen molar-refractivity contribution in [2.24, 2.45) is 0 Å². The number of hydrogen-bond acceptors (Lipinski definition) is 5. The monoisotopic (exact) mass is 385 g/mol. The van der Waals surface area contributed by atoms with Gasteiger partial charge in [0.15, 0.2) is 17.3 Å². The molecule has 1 aliphatic rings. The molecule has 5 nitrogen and oxygen atoms in total. The minimum absolute atomic E-state index is 0.288. The molecule has 1 fully saturated rings. The first-order valence-corrected chi connectivity index (χ1v) is 9.14. The molecule has 6 heteroatoms. The lowest BCUT2D eigenvalue weighted by atomic mass is 10.1. The first kappa shape index (κ1) is 19.7. The summed E-state index contributed by atoms with van der Waals surface area (Å²) in [6.45, 7) is 1.70. The van der Waals surface area contributed by atoms with Crippen LogP contribution in [0, 0.1) is 5.82 Å². The summed E-state index contributed by atoms with van der Waals surface area (Å²) in [6.07, 6.45) is 5.15. The van der Waals surface area contributed by atoms with Crippen molar-refractivity contribution in [1.82, 2.24) is 0 Å². The lowest BCUT2D eigenvalue weighted by Gasteiger charge is -2.18. The maximum absolute atomic E-state index is 14.5. The number of carbonyl (C=O) groups excluding carboxylic acids is 1. The molecule has 0 saturated carbocycles. The zero-order valence-electron chi connectivity index (χ0n) is 16.3. The fourth-order valence-corrected chi connectivity index (χ4v) is 3.32. The van der Waals surface area contributed by atoms with Crippen LogP contribution in [-0.2, 0) is 0 Å². The van der Waals surface area contributed by atoms with Gasteiger partial charge in [0.25, 0.3) is 0 Å². The van der Waals surface area contributed by atoms with Gasteiger partial charge in [-0.2, -0.15) is 0 Å². The van der Waals surface area contributed by atoms with Gasteiger partial charge in [-0.15, -0.1) is 0 Å². The molecular weight excluding hydrogens is 361 g/mol. The van der Waals surface area contributed by atoms with Gasteiger partial charge in [-0.25, -0.2) is 4.39 Å². The number of carbonyl (C=O) groups is 1. The van der Waals surface area contributed by atoms with Crippen LogP contribution in [0.3, 0.4) is 0 Å². The van der Waals surface area contributed by atoms with Crippen LogP contribution < -0.4 is 19.1 Å². The molecule has 2 aromatic carbocycles. The Morgan fingerprint density at radius 3 is 2.21 bits per heavy atom. The predicted molar refractivity (Wildman–Crippen MR) is 107 cm³/mol. The molecule has 0 spiro atoms. The summed E-state index contributed by atoms with van der Waals surface area (Å²) < 4.78 is 30.4. The van der Waals surface area contributed by atoms with Gasteiger partial charge in [-0.1, -0.05) is 0 Å². The number of allylic oxidation sites excluding steroid dienone is 1. The number of halogens is 1. The van der Waals surface area contributed by atoms with E-state index in [0.717, 1.165) is 25.9 Å². The number of anilines is 1. The molecule has 148 valence electrons. The van der Waals surface area contributed by atoms with Crippen molar-refractivity contribution in [2.45, 2.75) is 12.8 Å². The SMILES string of the molecule is COc1cc(OC)c(OC)cc1/C=C/C(=O)c1ccc(N2CCCC2)c(F)c1. The van der Waals surface area contributed by atoms with Crippen LogP contribution in [0.1, 0.15) is 28.8 Å². The molecule has 0 unspecified atom stereocenters. The Kier molecular flexibility index (Phi) is 6.19. The third kappa shape index (κ3) is 4.11. The van der Waals surface area contributed by atoms with E-state index in [1.165, 1.54) is 33.5 Å².